The summed E-state index contributed by atoms with van der Waals surface area (Å²) in [4.78, 5) is 12.3. The molecular weight excluding hydrogens is 224 g/mol. The van der Waals surface area contributed by atoms with Gasteiger partial charge >= 0.3 is 0 Å². The number of hydrogen-bond donors (Lipinski definition) is 1. The molecule has 0 radical (unpaired) electrons. The maximum Gasteiger partial charge on any atom is 0.162 e. The second-order valence-corrected chi connectivity index (χ2v) is 6.14. The lowest BCUT2D eigenvalue weighted by Gasteiger charge is -2.56. The van der Waals surface area contributed by atoms with Crippen molar-refractivity contribution in [2.75, 3.05) is 0 Å². The molecule has 18 heavy (non-hydrogen) atoms. The van der Waals surface area contributed by atoms with E-state index in [-0.39, 0.29) is 17.1 Å². The maximum atomic E-state index is 12.3. The first-order chi connectivity index (χ1) is 8.48. The number of allylic oxidation sites excluding steroid dienone is 1. The van der Waals surface area contributed by atoms with Crippen LogP contribution in [0.15, 0.2) is 29.8 Å². The molecule has 1 aromatic rings. The summed E-state index contributed by atoms with van der Waals surface area (Å²) in [6.07, 6.45) is 3.96. The van der Waals surface area contributed by atoms with Crippen molar-refractivity contribution in [3.63, 3.8) is 0 Å². The predicted octanol–water partition coefficient (Wildman–Crippen LogP) is 3.41. The normalized spacial score (nSPS) is 31.2. The van der Waals surface area contributed by atoms with Crippen LogP contribution in [0.1, 0.15) is 32.3 Å². The van der Waals surface area contributed by atoms with E-state index in [2.05, 4.69) is 13.8 Å². The quantitative estimate of drug-likeness (QED) is 0.766. The molecule has 3 aliphatic carbocycles. The second-order valence-electron chi connectivity index (χ2n) is 6.14. The lowest BCUT2D eigenvalue weighted by atomic mass is 9.47. The van der Waals surface area contributed by atoms with Crippen molar-refractivity contribution in [1.82, 2.24) is 0 Å². The van der Waals surface area contributed by atoms with Crippen molar-refractivity contribution < 1.29 is 9.90 Å². The van der Waals surface area contributed by atoms with Crippen LogP contribution < -0.4 is 0 Å². The first kappa shape index (κ1) is 11.5. The molecule has 0 saturated heterocycles. The monoisotopic (exact) mass is 242 g/mol. The van der Waals surface area contributed by atoms with E-state index >= 15 is 0 Å². The molecule has 2 nitrogen and oxygen atoms in total. The summed E-state index contributed by atoms with van der Waals surface area (Å²) in [5.74, 6) is 1.47. The Balaban J connectivity index is 1.87. The largest absolute Gasteiger partial charge is 0.508 e. The molecule has 0 spiro atoms. The minimum Gasteiger partial charge on any atom is -0.508 e. The summed E-state index contributed by atoms with van der Waals surface area (Å²) in [7, 11) is 0. The van der Waals surface area contributed by atoms with Gasteiger partial charge in [0.25, 0.3) is 0 Å². The SMILES string of the molecule is CC1(C)C2C/C(=C/c3ccc(O)cc3)C(=O)C1C2. The second kappa shape index (κ2) is 3.71. The third kappa shape index (κ3) is 1.59. The van der Waals surface area contributed by atoms with Crippen molar-refractivity contribution in [3.8, 4) is 5.75 Å². The number of carbonyl (C=O) groups is 1. The third-order valence-corrected chi connectivity index (χ3v) is 4.80. The van der Waals surface area contributed by atoms with E-state index in [4.69, 9.17) is 0 Å². The first-order valence-electron chi connectivity index (χ1n) is 6.52. The fourth-order valence-electron chi connectivity index (χ4n) is 3.30. The zero-order valence-electron chi connectivity index (χ0n) is 10.8. The van der Waals surface area contributed by atoms with Gasteiger partial charge in [0.05, 0.1) is 0 Å². The Morgan fingerprint density at radius 1 is 1.28 bits per heavy atom. The Labute approximate surface area is 107 Å². The van der Waals surface area contributed by atoms with E-state index in [0.717, 1.165) is 24.0 Å². The summed E-state index contributed by atoms with van der Waals surface area (Å²) in [6, 6.07) is 7.01. The molecule has 0 aliphatic heterocycles. The zero-order valence-corrected chi connectivity index (χ0v) is 10.8. The highest BCUT2D eigenvalue weighted by atomic mass is 16.3. The van der Waals surface area contributed by atoms with Crippen LogP contribution in [0, 0.1) is 17.3 Å². The molecule has 3 fully saturated rings. The van der Waals surface area contributed by atoms with Crippen molar-refractivity contribution >= 4 is 11.9 Å². The number of benzene rings is 1. The average molecular weight is 242 g/mol. The number of fused-ring (bicyclic) bond motifs is 2. The van der Waals surface area contributed by atoms with Gasteiger partial charge < -0.3 is 5.11 Å². The number of phenols is 1. The molecule has 0 heterocycles. The summed E-state index contributed by atoms with van der Waals surface area (Å²) in [5, 5.41) is 9.24. The van der Waals surface area contributed by atoms with Crippen LogP contribution in [-0.4, -0.2) is 10.9 Å². The molecule has 0 aromatic heterocycles. The number of ketones is 1. The van der Waals surface area contributed by atoms with Gasteiger partial charge in [-0.25, -0.2) is 0 Å². The minimum atomic E-state index is 0.198. The van der Waals surface area contributed by atoms with E-state index in [1.54, 1.807) is 12.1 Å². The Morgan fingerprint density at radius 3 is 2.50 bits per heavy atom. The van der Waals surface area contributed by atoms with Crippen LogP contribution in [0.5, 0.6) is 5.75 Å². The van der Waals surface area contributed by atoms with Crippen molar-refractivity contribution in [2.45, 2.75) is 26.7 Å². The standard InChI is InChI=1S/C16H18O2/c1-16(2)12-8-11(15(18)14(16)9-12)7-10-3-5-13(17)6-4-10/h3-7,12,14,17H,8-9H2,1-2H3/b11-7-. The molecule has 2 atom stereocenters. The van der Waals surface area contributed by atoms with E-state index in [1.807, 2.05) is 18.2 Å². The molecule has 1 N–H and O–H groups in total. The molecule has 2 heteroatoms. The van der Waals surface area contributed by atoms with Gasteiger partial charge in [-0.3, -0.25) is 4.79 Å². The van der Waals surface area contributed by atoms with Crippen LogP contribution in [0.3, 0.4) is 0 Å². The Morgan fingerprint density at radius 2 is 1.94 bits per heavy atom. The summed E-state index contributed by atoms with van der Waals surface area (Å²) < 4.78 is 0. The smallest absolute Gasteiger partial charge is 0.162 e. The fourth-order valence-corrected chi connectivity index (χ4v) is 3.30. The number of Topliss-reactive ketones (excluding diaryl/α,β-unsaturated/α-hetero) is 1. The number of aromatic hydroxyl groups is 1. The van der Waals surface area contributed by atoms with Crippen LogP contribution in [0.2, 0.25) is 0 Å². The third-order valence-electron chi connectivity index (χ3n) is 4.80. The average Bonchev–Trinajstić information content (AvgIpc) is 2.33. The first-order valence-corrected chi connectivity index (χ1v) is 6.52. The van der Waals surface area contributed by atoms with E-state index in [9.17, 15) is 9.90 Å². The lowest BCUT2D eigenvalue weighted by Crippen LogP contribution is -2.53. The zero-order chi connectivity index (χ0) is 12.9. The van der Waals surface area contributed by atoms with Gasteiger partial charge in [0.15, 0.2) is 5.78 Å². The van der Waals surface area contributed by atoms with Crippen LogP contribution in [0.25, 0.3) is 6.08 Å². The topological polar surface area (TPSA) is 37.3 Å². The highest BCUT2D eigenvalue weighted by Crippen LogP contribution is 2.59. The minimum absolute atomic E-state index is 0.198. The molecular formula is C16H18O2. The Kier molecular flexibility index (Phi) is 2.37. The molecule has 94 valence electrons. The molecule has 1 aromatic carbocycles. The Hall–Kier alpha value is -1.57. The molecule has 3 saturated carbocycles. The van der Waals surface area contributed by atoms with Gasteiger partial charge in [0.2, 0.25) is 0 Å². The highest BCUT2D eigenvalue weighted by molar-refractivity contribution is 6.03. The lowest BCUT2D eigenvalue weighted by molar-refractivity contribution is -0.140. The predicted molar refractivity (Wildman–Crippen MR) is 71.1 cm³/mol. The van der Waals surface area contributed by atoms with Gasteiger partial charge in [0, 0.05) is 5.92 Å². The van der Waals surface area contributed by atoms with Gasteiger partial charge in [-0.05, 0) is 53.5 Å². The van der Waals surface area contributed by atoms with Crippen LogP contribution in [0.4, 0.5) is 0 Å². The van der Waals surface area contributed by atoms with Gasteiger partial charge in [-0.15, -0.1) is 0 Å². The number of rotatable bonds is 1. The van der Waals surface area contributed by atoms with Crippen LogP contribution in [-0.2, 0) is 4.79 Å². The molecule has 2 bridgehead atoms. The van der Waals surface area contributed by atoms with Gasteiger partial charge in [-0.2, -0.15) is 0 Å². The fraction of sp³-hybridized carbons (Fsp3) is 0.438. The van der Waals surface area contributed by atoms with E-state index in [1.165, 1.54) is 0 Å². The van der Waals surface area contributed by atoms with Crippen molar-refractivity contribution in [3.05, 3.63) is 35.4 Å². The van der Waals surface area contributed by atoms with E-state index in [0.29, 0.717) is 11.7 Å². The number of hydrogen-bond acceptors (Lipinski definition) is 2. The van der Waals surface area contributed by atoms with Gasteiger partial charge in [-0.1, -0.05) is 26.0 Å². The summed E-state index contributed by atoms with van der Waals surface area (Å²) in [6.45, 7) is 4.42. The maximum absolute atomic E-state index is 12.3. The summed E-state index contributed by atoms with van der Waals surface area (Å²) in [5.41, 5.74) is 2.15. The Bertz CT molecular complexity index is 523. The van der Waals surface area contributed by atoms with E-state index < -0.39 is 0 Å². The molecule has 4 rings (SSSR count). The summed E-state index contributed by atoms with van der Waals surface area (Å²) >= 11 is 0. The molecule has 0 amide bonds. The van der Waals surface area contributed by atoms with Gasteiger partial charge in [0.1, 0.15) is 5.75 Å². The molecule has 3 aliphatic rings. The molecule has 2 unspecified atom stereocenters. The highest BCUT2D eigenvalue weighted by Gasteiger charge is 2.55. The number of carbonyl (C=O) groups excluding carboxylic acids is 1. The van der Waals surface area contributed by atoms with Crippen LogP contribution >= 0.6 is 0 Å². The van der Waals surface area contributed by atoms with Crippen molar-refractivity contribution in [2.24, 2.45) is 17.3 Å². The number of phenolic OH excluding ortho intramolecular Hbond substituents is 1. The van der Waals surface area contributed by atoms with Crippen molar-refractivity contribution in [1.29, 1.82) is 0 Å².